The van der Waals surface area contributed by atoms with Gasteiger partial charge in [-0.2, -0.15) is 0 Å². The first-order chi connectivity index (χ1) is 22.1. The third kappa shape index (κ3) is 3.38. The SMILES string of the molecule is CC(C)[C@@H]1CC[C@@H](C)C[C@H]1OC(=O)C12C3c4ccccc4C4C5c6ccccc6C3C1C5(C(=O)O[C@@H]1C[C@H](C)CC[C@H]1C(C)C)C42. The van der Waals surface area contributed by atoms with E-state index in [4.69, 9.17) is 9.47 Å². The lowest BCUT2D eigenvalue weighted by molar-refractivity contribution is -0.364. The lowest BCUT2D eigenvalue weighted by atomic mass is 9.09. The van der Waals surface area contributed by atoms with Crippen LogP contribution in [0.15, 0.2) is 48.5 Å². The van der Waals surface area contributed by atoms with Crippen molar-refractivity contribution in [3.8, 4) is 0 Å². The van der Waals surface area contributed by atoms with Crippen LogP contribution in [0.1, 0.15) is 126 Å². The summed E-state index contributed by atoms with van der Waals surface area (Å²) in [5.41, 5.74) is 4.14. The fraction of sp³-hybridized carbons (Fsp3) is 0.667. The number of esters is 2. The number of fused-ring (bicyclic) bond motifs is 8. The first-order valence-electron chi connectivity index (χ1n) is 18.7. The quantitative estimate of drug-likeness (QED) is 0.303. The Kier molecular flexibility index (Phi) is 6.39. The predicted octanol–water partition coefficient (Wildman–Crippen LogP) is 9.00. The molecule has 244 valence electrons. The van der Waals surface area contributed by atoms with Crippen LogP contribution in [0.2, 0.25) is 0 Å². The zero-order chi connectivity index (χ0) is 31.9. The minimum absolute atomic E-state index is 0.000560. The molecule has 0 heterocycles. The number of carbonyl (C=O) groups excluding carboxylic acids is 2. The van der Waals surface area contributed by atoms with E-state index in [1.54, 1.807) is 0 Å². The Hall–Kier alpha value is -2.62. The van der Waals surface area contributed by atoms with E-state index >= 15 is 9.59 Å². The Morgan fingerprint density at radius 2 is 0.978 bits per heavy atom. The number of ether oxygens (including phenoxy) is 2. The highest BCUT2D eigenvalue weighted by atomic mass is 16.6. The smallest absolute Gasteiger partial charge is 0.313 e. The van der Waals surface area contributed by atoms with Gasteiger partial charge in [0.25, 0.3) is 0 Å². The first-order valence-corrected chi connectivity index (χ1v) is 18.7. The summed E-state index contributed by atoms with van der Waals surface area (Å²) >= 11 is 0. The van der Waals surface area contributed by atoms with Gasteiger partial charge < -0.3 is 9.47 Å². The molecule has 7 aliphatic rings. The topological polar surface area (TPSA) is 52.6 Å². The van der Waals surface area contributed by atoms with Crippen molar-refractivity contribution in [1.29, 1.82) is 0 Å². The Balaban J connectivity index is 1.16. The molecule has 2 aromatic rings. The summed E-state index contributed by atoms with van der Waals surface area (Å²) in [5.74, 6) is 3.19. The number of hydrogen-bond donors (Lipinski definition) is 0. The van der Waals surface area contributed by atoms with E-state index in [0.29, 0.717) is 35.5 Å². The Labute approximate surface area is 275 Å². The van der Waals surface area contributed by atoms with Gasteiger partial charge in [-0.3, -0.25) is 9.59 Å². The fourth-order valence-corrected chi connectivity index (χ4v) is 13.3. The van der Waals surface area contributed by atoms with Crippen molar-refractivity contribution in [3.05, 3.63) is 70.8 Å². The van der Waals surface area contributed by atoms with Gasteiger partial charge in [0.1, 0.15) is 12.2 Å². The van der Waals surface area contributed by atoms with Crippen LogP contribution in [0.4, 0.5) is 0 Å². The number of benzene rings is 2. The first kappa shape index (κ1) is 29.5. The van der Waals surface area contributed by atoms with Gasteiger partial charge in [-0.1, -0.05) is 103 Å². The van der Waals surface area contributed by atoms with Crippen LogP contribution in [0.5, 0.6) is 0 Å². The van der Waals surface area contributed by atoms with Gasteiger partial charge in [-0.15, -0.1) is 0 Å². The maximum Gasteiger partial charge on any atom is 0.313 e. The summed E-state index contributed by atoms with van der Waals surface area (Å²) in [7, 11) is 0. The fourth-order valence-electron chi connectivity index (χ4n) is 13.3. The maximum atomic E-state index is 15.1. The largest absolute Gasteiger partial charge is 0.462 e. The van der Waals surface area contributed by atoms with Crippen LogP contribution < -0.4 is 0 Å². The van der Waals surface area contributed by atoms with E-state index in [9.17, 15) is 0 Å². The van der Waals surface area contributed by atoms with Gasteiger partial charge in [0.15, 0.2) is 0 Å². The Morgan fingerprint density at radius 3 is 1.35 bits per heavy atom. The molecule has 0 amide bonds. The third-order valence-electron chi connectivity index (χ3n) is 15.1. The summed E-state index contributed by atoms with van der Waals surface area (Å²) in [6.45, 7) is 13.8. The Bertz CT molecular complexity index is 1460. The van der Waals surface area contributed by atoms with Gasteiger partial charge in [0.05, 0.1) is 10.8 Å². The van der Waals surface area contributed by atoms with Gasteiger partial charge in [0, 0.05) is 23.7 Å². The molecule has 7 aliphatic carbocycles. The van der Waals surface area contributed by atoms with E-state index in [0.717, 1.165) is 25.7 Å². The highest BCUT2D eigenvalue weighted by Crippen LogP contribution is 2.99. The van der Waals surface area contributed by atoms with Crippen molar-refractivity contribution < 1.29 is 19.1 Å². The standard InChI is InChI=1S/C42H52O4/c1-21(2)25-17-15-23(5)19-31(25)45-39(43)41-35-29-13-9-7-11-27(29)34-36-30-14-10-8-12-28(30)33(35)37(41)42(36,38(34)41)40(44)46-32-20-24(6)16-18-26(32)22(3)4/h7-14,21-26,31-38H,15-20H2,1-6H3/t23-,24-,25+,26+,31-,32-,33?,34?,35?,36?,37?,38?,41?,42?/m1/s1. The second-order valence-corrected chi connectivity index (χ2v) is 17.6. The van der Waals surface area contributed by atoms with Crippen LogP contribution in [0, 0.1) is 58.2 Å². The molecule has 2 aromatic carbocycles. The highest BCUT2D eigenvalue weighted by molar-refractivity contribution is 5.97. The van der Waals surface area contributed by atoms with Crippen LogP contribution >= 0.6 is 0 Å². The van der Waals surface area contributed by atoms with E-state index in [1.807, 2.05) is 0 Å². The molecule has 10 atom stereocenters. The van der Waals surface area contributed by atoms with Gasteiger partial charge in [-0.25, -0.2) is 0 Å². The molecule has 4 nitrogen and oxygen atoms in total. The predicted molar refractivity (Wildman–Crippen MR) is 178 cm³/mol. The number of hydrogen-bond acceptors (Lipinski definition) is 4. The van der Waals surface area contributed by atoms with Crippen molar-refractivity contribution in [2.45, 2.75) is 116 Å². The summed E-state index contributed by atoms with van der Waals surface area (Å²) in [6, 6.07) is 17.8. The molecule has 0 saturated heterocycles. The van der Waals surface area contributed by atoms with Crippen molar-refractivity contribution in [3.63, 3.8) is 0 Å². The van der Waals surface area contributed by atoms with Gasteiger partial charge in [0.2, 0.25) is 0 Å². The zero-order valence-electron chi connectivity index (χ0n) is 28.6. The van der Waals surface area contributed by atoms with Gasteiger partial charge >= 0.3 is 11.9 Å². The average molecular weight is 621 g/mol. The second kappa shape index (κ2) is 9.95. The molecule has 5 fully saturated rings. The molecule has 0 N–H and O–H groups in total. The number of rotatable bonds is 6. The van der Waals surface area contributed by atoms with Crippen LogP contribution in [-0.2, 0) is 19.1 Å². The van der Waals surface area contributed by atoms with Gasteiger partial charge in [-0.05, 0) is 95.3 Å². The minimum Gasteiger partial charge on any atom is -0.462 e. The number of carbonyl (C=O) groups is 2. The summed E-state index contributed by atoms with van der Waals surface area (Å²) in [5, 5.41) is 0. The summed E-state index contributed by atoms with van der Waals surface area (Å²) in [6.07, 6.45) is 6.47. The molecule has 46 heavy (non-hydrogen) atoms. The molecule has 9 rings (SSSR count). The summed E-state index contributed by atoms with van der Waals surface area (Å²) in [4.78, 5) is 30.2. The third-order valence-corrected chi connectivity index (χ3v) is 15.1. The minimum atomic E-state index is -0.633. The molecule has 4 unspecified atom stereocenters. The normalized spacial score (nSPS) is 45.4. The van der Waals surface area contributed by atoms with E-state index in [-0.39, 0.29) is 59.7 Å². The van der Waals surface area contributed by atoms with Crippen LogP contribution in [0.3, 0.4) is 0 Å². The van der Waals surface area contributed by atoms with Crippen molar-refractivity contribution in [1.82, 2.24) is 0 Å². The van der Waals surface area contributed by atoms with E-state index in [2.05, 4.69) is 90.1 Å². The summed E-state index contributed by atoms with van der Waals surface area (Å²) < 4.78 is 13.7. The van der Waals surface area contributed by atoms with E-state index < -0.39 is 10.8 Å². The van der Waals surface area contributed by atoms with Crippen LogP contribution in [0.25, 0.3) is 0 Å². The van der Waals surface area contributed by atoms with Crippen molar-refractivity contribution in [2.75, 3.05) is 0 Å². The molecule has 5 saturated carbocycles. The molecule has 0 bridgehead atoms. The highest BCUT2D eigenvalue weighted by Gasteiger charge is 2.99. The van der Waals surface area contributed by atoms with Crippen molar-refractivity contribution in [2.24, 2.45) is 58.2 Å². The molecule has 0 spiro atoms. The van der Waals surface area contributed by atoms with Crippen LogP contribution in [-0.4, -0.2) is 24.1 Å². The second-order valence-electron chi connectivity index (χ2n) is 17.6. The maximum absolute atomic E-state index is 15.1. The monoisotopic (exact) mass is 620 g/mol. The molecular weight excluding hydrogens is 568 g/mol. The lowest BCUT2D eigenvalue weighted by Gasteiger charge is -2.90. The molecule has 0 aromatic heterocycles. The zero-order valence-corrected chi connectivity index (χ0v) is 28.6. The lowest BCUT2D eigenvalue weighted by Crippen LogP contribution is -2.91. The molecule has 4 heteroatoms. The molecular formula is C42H52O4. The van der Waals surface area contributed by atoms with E-state index in [1.165, 1.54) is 35.1 Å². The average Bonchev–Trinajstić information content (AvgIpc) is 2.97. The molecule has 0 radical (unpaired) electrons. The van der Waals surface area contributed by atoms with Crippen molar-refractivity contribution >= 4 is 11.9 Å². The molecule has 0 aliphatic heterocycles. The Morgan fingerprint density at radius 1 is 0.609 bits per heavy atom.